The van der Waals surface area contributed by atoms with Crippen molar-refractivity contribution in [2.45, 2.75) is 45.1 Å². The maximum absolute atomic E-state index is 13.5. The molecule has 1 aliphatic carbocycles. The number of hydrogen-bond acceptors (Lipinski definition) is 2. The molecule has 2 aromatic carbocycles. The first-order chi connectivity index (χ1) is 12.8. The summed E-state index contributed by atoms with van der Waals surface area (Å²) in [5.74, 6) is -3.76. The van der Waals surface area contributed by atoms with Crippen molar-refractivity contribution < 1.29 is 23.5 Å². The first-order valence-corrected chi connectivity index (χ1v) is 8.88. The van der Waals surface area contributed by atoms with Gasteiger partial charge in [0.05, 0.1) is 0 Å². The Morgan fingerprint density at radius 3 is 2.26 bits per heavy atom. The van der Waals surface area contributed by atoms with Crippen LogP contribution in [0.15, 0.2) is 30.3 Å². The summed E-state index contributed by atoms with van der Waals surface area (Å²) in [5.41, 5.74) is 1.46. The van der Waals surface area contributed by atoms with Crippen LogP contribution >= 0.6 is 0 Å². The summed E-state index contributed by atoms with van der Waals surface area (Å²) < 4.78 is 27.1. The van der Waals surface area contributed by atoms with Gasteiger partial charge in [0, 0.05) is 18.4 Å². The molecule has 4 nitrogen and oxygen atoms in total. The molecular weight excluding hydrogens is 352 g/mol. The van der Waals surface area contributed by atoms with Gasteiger partial charge in [0.2, 0.25) is 0 Å². The predicted molar refractivity (Wildman–Crippen MR) is 96.8 cm³/mol. The minimum absolute atomic E-state index is 0.0878. The number of hydrogen-bond donors (Lipinski definition) is 2. The van der Waals surface area contributed by atoms with Gasteiger partial charge in [0.15, 0.2) is 11.6 Å². The first kappa shape index (κ1) is 19.0. The van der Waals surface area contributed by atoms with Crippen molar-refractivity contribution >= 4 is 11.9 Å². The molecule has 0 spiro atoms. The second-order valence-corrected chi connectivity index (χ2v) is 7.08. The van der Waals surface area contributed by atoms with Crippen molar-refractivity contribution in [3.63, 3.8) is 0 Å². The summed E-state index contributed by atoms with van der Waals surface area (Å²) in [5, 5.41) is 12.4. The molecule has 3 rings (SSSR count). The molecule has 0 saturated heterocycles. The summed E-state index contributed by atoms with van der Waals surface area (Å²) in [6, 6.07) is 7.36. The zero-order chi connectivity index (χ0) is 19.8. The van der Waals surface area contributed by atoms with Crippen LogP contribution < -0.4 is 5.32 Å². The predicted octanol–water partition coefficient (Wildman–Crippen LogP) is 3.58. The Labute approximate surface area is 156 Å². The van der Waals surface area contributed by atoms with Crippen LogP contribution in [0.2, 0.25) is 0 Å². The van der Waals surface area contributed by atoms with E-state index in [1.54, 1.807) is 12.1 Å². The molecule has 2 aromatic rings. The monoisotopic (exact) mass is 373 g/mol. The van der Waals surface area contributed by atoms with E-state index in [0.717, 1.165) is 29.7 Å². The van der Waals surface area contributed by atoms with E-state index in [0.29, 0.717) is 23.1 Å². The number of nitrogens with one attached hydrogen (secondary N) is 1. The van der Waals surface area contributed by atoms with Crippen LogP contribution in [0.3, 0.4) is 0 Å². The molecule has 142 valence electrons. The average Bonchev–Trinajstić information content (AvgIpc) is 2.95. The van der Waals surface area contributed by atoms with Crippen molar-refractivity contribution in [2.24, 2.45) is 0 Å². The number of carbonyl (C=O) groups is 2. The van der Waals surface area contributed by atoms with E-state index in [2.05, 4.69) is 5.32 Å². The molecule has 0 radical (unpaired) electrons. The number of aryl methyl sites for hydroxylation is 1. The van der Waals surface area contributed by atoms with Gasteiger partial charge in [-0.05, 0) is 53.8 Å². The standard InChI is InChI=1S/C21H21F2NO3/c1-3-5-15-12(2)6-4-7-16(15)19(25)24-21(20(26)27)10-13-8-17(22)18(23)9-14(13)11-21/h4,6-9H,3,5,10-11H2,1-2H3,(H,24,25)(H,26,27). The number of amides is 1. The lowest BCUT2D eigenvalue weighted by atomic mass is 9.93. The van der Waals surface area contributed by atoms with Crippen LogP contribution in [-0.2, 0) is 24.1 Å². The highest BCUT2D eigenvalue weighted by atomic mass is 19.2. The van der Waals surface area contributed by atoms with Crippen LogP contribution in [0.5, 0.6) is 0 Å². The summed E-state index contributed by atoms with van der Waals surface area (Å²) in [7, 11) is 0. The number of carbonyl (C=O) groups excluding carboxylic acids is 1. The van der Waals surface area contributed by atoms with E-state index >= 15 is 0 Å². The Morgan fingerprint density at radius 2 is 1.74 bits per heavy atom. The van der Waals surface area contributed by atoms with E-state index < -0.39 is 29.0 Å². The van der Waals surface area contributed by atoms with Gasteiger partial charge in [-0.3, -0.25) is 4.79 Å². The number of fused-ring (bicyclic) bond motifs is 1. The third kappa shape index (κ3) is 3.44. The molecular formula is C21H21F2NO3. The molecule has 0 saturated carbocycles. The minimum Gasteiger partial charge on any atom is -0.479 e. The van der Waals surface area contributed by atoms with Gasteiger partial charge in [0.1, 0.15) is 5.54 Å². The lowest BCUT2D eigenvalue weighted by Crippen LogP contribution is -2.55. The number of carboxylic acids is 1. The quantitative estimate of drug-likeness (QED) is 0.842. The van der Waals surface area contributed by atoms with E-state index in [-0.39, 0.29) is 12.8 Å². The second-order valence-electron chi connectivity index (χ2n) is 7.08. The van der Waals surface area contributed by atoms with Crippen LogP contribution in [0.4, 0.5) is 8.78 Å². The van der Waals surface area contributed by atoms with Gasteiger partial charge in [-0.15, -0.1) is 0 Å². The zero-order valence-electron chi connectivity index (χ0n) is 15.2. The summed E-state index contributed by atoms with van der Waals surface area (Å²) in [6.45, 7) is 3.91. The van der Waals surface area contributed by atoms with Gasteiger partial charge < -0.3 is 10.4 Å². The summed E-state index contributed by atoms with van der Waals surface area (Å²) in [6.07, 6.45) is 1.37. The molecule has 0 unspecified atom stereocenters. The van der Waals surface area contributed by atoms with Gasteiger partial charge >= 0.3 is 5.97 Å². The number of rotatable bonds is 5. The molecule has 1 amide bonds. The highest BCUT2D eigenvalue weighted by Crippen LogP contribution is 2.32. The van der Waals surface area contributed by atoms with Crippen LogP contribution in [0, 0.1) is 18.6 Å². The highest BCUT2D eigenvalue weighted by Gasteiger charge is 2.46. The number of halogens is 2. The number of benzene rings is 2. The molecule has 0 fully saturated rings. The molecule has 2 N–H and O–H groups in total. The summed E-state index contributed by atoms with van der Waals surface area (Å²) >= 11 is 0. The SMILES string of the molecule is CCCc1c(C)cccc1C(=O)NC1(C(=O)O)Cc2cc(F)c(F)cc2C1. The largest absolute Gasteiger partial charge is 0.479 e. The maximum Gasteiger partial charge on any atom is 0.330 e. The fourth-order valence-electron chi connectivity index (χ4n) is 3.75. The highest BCUT2D eigenvalue weighted by molar-refractivity contribution is 5.99. The fraction of sp³-hybridized carbons (Fsp3) is 0.333. The molecule has 0 atom stereocenters. The topological polar surface area (TPSA) is 66.4 Å². The lowest BCUT2D eigenvalue weighted by molar-refractivity contribution is -0.144. The maximum atomic E-state index is 13.5. The number of carboxylic acid groups (broad SMARTS) is 1. The van der Waals surface area contributed by atoms with E-state index in [4.69, 9.17) is 0 Å². The molecule has 0 aliphatic heterocycles. The molecule has 27 heavy (non-hydrogen) atoms. The minimum atomic E-state index is -1.62. The Morgan fingerprint density at radius 1 is 1.15 bits per heavy atom. The Balaban J connectivity index is 1.94. The second kappa shape index (κ2) is 7.10. The van der Waals surface area contributed by atoms with Crippen LogP contribution in [0.1, 0.15) is 46.0 Å². The first-order valence-electron chi connectivity index (χ1n) is 8.88. The molecule has 6 heteroatoms. The van der Waals surface area contributed by atoms with Crippen LogP contribution in [-0.4, -0.2) is 22.5 Å². The summed E-state index contributed by atoms with van der Waals surface area (Å²) in [4.78, 5) is 24.9. The van der Waals surface area contributed by atoms with Gasteiger partial charge in [0.25, 0.3) is 5.91 Å². The van der Waals surface area contributed by atoms with Crippen molar-refractivity contribution in [1.29, 1.82) is 0 Å². The van der Waals surface area contributed by atoms with Crippen molar-refractivity contribution in [2.75, 3.05) is 0 Å². The third-order valence-corrected chi connectivity index (χ3v) is 5.14. The van der Waals surface area contributed by atoms with E-state index in [1.165, 1.54) is 0 Å². The van der Waals surface area contributed by atoms with E-state index in [1.807, 2.05) is 19.9 Å². The van der Waals surface area contributed by atoms with Gasteiger partial charge in [-0.1, -0.05) is 25.5 Å². The molecule has 0 heterocycles. The third-order valence-electron chi connectivity index (χ3n) is 5.14. The normalized spacial score (nSPS) is 14.7. The average molecular weight is 373 g/mol. The molecule has 0 bridgehead atoms. The zero-order valence-corrected chi connectivity index (χ0v) is 15.2. The van der Waals surface area contributed by atoms with E-state index in [9.17, 15) is 23.5 Å². The van der Waals surface area contributed by atoms with Crippen molar-refractivity contribution in [3.05, 3.63) is 69.8 Å². The van der Waals surface area contributed by atoms with Gasteiger partial charge in [-0.25, -0.2) is 13.6 Å². The van der Waals surface area contributed by atoms with Crippen LogP contribution in [0.25, 0.3) is 0 Å². The molecule has 1 aliphatic rings. The van der Waals surface area contributed by atoms with Crippen molar-refractivity contribution in [1.82, 2.24) is 5.32 Å². The molecule has 0 aromatic heterocycles. The van der Waals surface area contributed by atoms with Crippen molar-refractivity contribution in [3.8, 4) is 0 Å². The Hall–Kier alpha value is -2.76. The number of aliphatic carboxylic acids is 1. The lowest BCUT2D eigenvalue weighted by Gasteiger charge is -2.26. The smallest absolute Gasteiger partial charge is 0.330 e. The van der Waals surface area contributed by atoms with Gasteiger partial charge in [-0.2, -0.15) is 0 Å². The Kier molecular flexibility index (Phi) is 5.00. The fourth-order valence-corrected chi connectivity index (χ4v) is 3.75. The Bertz CT molecular complexity index is 893.